The molecule has 0 atom stereocenters. The van der Waals surface area contributed by atoms with Crippen LogP contribution >= 0.6 is 0 Å². The van der Waals surface area contributed by atoms with Crippen LogP contribution in [-0.4, -0.2) is 43.4 Å². The van der Waals surface area contributed by atoms with Crippen LogP contribution in [0.2, 0.25) is 0 Å². The molecule has 4 heteroatoms. The Hall–Kier alpha value is -1.81. The van der Waals surface area contributed by atoms with Gasteiger partial charge < -0.3 is 15.2 Å². The molecule has 0 amide bonds. The van der Waals surface area contributed by atoms with Crippen molar-refractivity contribution in [2.45, 2.75) is 0 Å². The molecule has 4 nitrogen and oxygen atoms in total. The van der Waals surface area contributed by atoms with E-state index in [4.69, 9.17) is 0 Å². The number of fused-ring (bicyclic) bond motifs is 1. The van der Waals surface area contributed by atoms with E-state index in [0.717, 1.165) is 36.1 Å². The zero-order valence-corrected chi connectivity index (χ0v) is 10.2. The molecule has 0 fully saturated rings. The predicted molar refractivity (Wildman–Crippen MR) is 70.7 cm³/mol. The molecule has 0 saturated heterocycles. The van der Waals surface area contributed by atoms with E-state index < -0.39 is 0 Å². The summed E-state index contributed by atoms with van der Waals surface area (Å²) >= 11 is 0. The summed E-state index contributed by atoms with van der Waals surface area (Å²) in [6.45, 7) is 1.73. The third-order valence-electron chi connectivity index (χ3n) is 2.72. The highest BCUT2D eigenvalue weighted by Gasteiger charge is 2.09. The minimum absolute atomic E-state index is 0.708. The molecule has 2 aromatic rings. The molecule has 0 unspecified atom stereocenters. The molecule has 0 saturated carbocycles. The van der Waals surface area contributed by atoms with Gasteiger partial charge in [-0.1, -0.05) is 18.2 Å². The summed E-state index contributed by atoms with van der Waals surface area (Å²) in [6.07, 6.45) is 0.900. The second kappa shape index (κ2) is 5.01. The molecular weight excluding hydrogens is 214 g/mol. The molecule has 90 valence electrons. The van der Waals surface area contributed by atoms with E-state index in [2.05, 4.69) is 15.2 Å². The van der Waals surface area contributed by atoms with Crippen molar-refractivity contribution in [1.82, 2.24) is 9.88 Å². The van der Waals surface area contributed by atoms with Gasteiger partial charge >= 0.3 is 0 Å². The van der Waals surface area contributed by atoms with Gasteiger partial charge in [0.2, 0.25) is 0 Å². The number of rotatable bonds is 5. The van der Waals surface area contributed by atoms with Gasteiger partial charge in [-0.3, -0.25) is 4.79 Å². The average Bonchev–Trinajstić information content (AvgIpc) is 2.66. The first-order valence-corrected chi connectivity index (χ1v) is 5.67. The first kappa shape index (κ1) is 11.7. The Balaban J connectivity index is 2.24. The molecule has 0 radical (unpaired) electrons. The Morgan fingerprint density at radius 2 is 2.12 bits per heavy atom. The number of para-hydroxylation sites is 1. The van der Waals surface area contributed by atoms with Gasteiger partial charge in [-0.05, 0) is 20.2 Å². The number of anilines is 1. The molecule has 0 aliphatic carbocycles. The second-order valence-electron chi connectivity index (χ2n) is 4.31. The molecule has 0 spiro atoms. The highest BCUT2D eigenvalue weighted by molar-refractivity contribution is 6.03. The van der Waals surface area contributed by atoms with Crippen LogP contribution in [0.15, 0.2) is 24.3 Å². The van der Waals surface area contributed by atoms with Crippen LogP contribution in [0.25, 0.3) is 10.9 Å². The Bertz CT molecular complexity index is 516. The zero-order valence-electron chi connectivity index (χ0n) is 10.2. The Morgan fingerprint density at radius 1 is 1.35 bits per heavy atom. The van der Waals surface area contributed by atoms with Gasteiger partial charge in [0.25, 0.3) is 0 Å². The Kier molecular flexibility index (Phi) is 3.44. The quantitative estimate of drug-likeness (QED) is 0.773. The van der Waals surface area contributed by atoms with E-state index in [1.54, 1.807) is 0 Å². The van der Waals surface area contributed by atoms with Gasteiger partial charge in [0.15, 0.2) is 6.29 Å². The number of aldehydes is 1. The molecule has 2 N–H and O–H groups in total. The molecule has 0 bridgehead atoms. The first-order valence-electron chi connectivity index (χ1n) is 5.67. The highest BCUT2D eigenvalue weighted by atomic mass is 16.1. The number of nitrogens with one attached hydrogen (secondary N) is 2. The van der Waals surface area contributed by atoms with Crippen LogP contribution in [0.5, 0.6) is 0 Å². The Morgan fingerprint density at radius 3 is 2.82 bits per heavy atom. The van der Waals surface area contributed by atoms with Gasteiger partial charge in [0, 0.05) is 24.0 Å². The maximum atomic E-state index is 11.1. The van der Waals surface area contributed by atoms with E-state index in [-0.39, 0.29) is 0 Å². The van der Waals surface area contributed by atoms with Crippen molar-refractivity contribution in [3.8, 4) is 0 Å². The number of carbonyl (C=O) groups excluding carboxylic acids is 1. The number of hydrogen-bond donors (Lipinski definition) is 2. The average molecular weight is 231 g/mol. The third kappa shape index (κ3) is 2.47. The van der Waals surface area contributed by atoms with E-state index in [9.17, 15) is 4.79 Å². The van der Waals surface area contributed by atoms with Crippen molar-refractivity contribution >= 4 is 23.0 Å². The fourth-order valence-corrected chi connectivity index (χ4v) is 1.83. The molecule has 0 aliphatic rings. The maximum absolute atomic E-state index is 11.1. The lowest BCUT2D eigenvalue weighted by Crippen LogP contribution is -2.21. The number of aromatic nitrogens is 1. The molecule has 1 aromatic heterocycles. The van der Waals surface area contributed by atoms with Crippen molar-refractivity contribution in [3.63, 3.8) is 0 Å². The topological polar surface area (TPSA) is 48.1 Å². The van der Waals surface area contributed by atoms with E-state index in [1.807, 2.05) is 38.4 Å². The van der Waals surface area contributed by atoms with Crippen LogP contribution < -0.4 is 5.32 Å². The number of carbonyl (C=O) groups is 1. The van der Waals surface area contributed by atoms with Crippen LogP contribution in [0.4, 0.5) is 5.82 Å². The van der Waals surface area contributed by atoms with Crippen LogP contribution in [0, 0.1) is 0 Å². The normalized spacial score (nSPS) is 11.0. The second-order valence-corrected chi connectivity index (χ2v) is 4.31. The van der Waals surface area contributed by atoms with Gasteiger partial charge in [-0.25, -0.2) is 0 Å². The monoisotopic (exact) mass is 231 g/mol. The lowest BCUT2D eigenvalue weighted by Gasteiger charge is -2.10. The predicted octanol–water partition coefficient (Wildman–Crippen LogP) is 1.95. The summed E-state index contributed by atoms with van der Waals surface area (Å²) in [7, 11) is 4.04. The van der Waals surface area contributed by atoms with Gasteiger partial charge in [0.1, 0.15) is 5.82 Å². The molecule has 1 heterocycles. The zero-order chi connectivity index (χ0) is 12.3. The van der Waals surface area contributed by atoms with Crippen LogP contribution in [0.3, 0.4) is 0 Å². The fourth-order valence-electron chi connectivity index (χ4n) is 1.83. The summed E-state index contributed by atoms with van der Waals surface area (Å²) in [5.41, 5.74) is 1.70. The standard InChI is InChI=1S/C13H17N3O/c1-16(2)8-7-14-13-11(9-17)10-5-3-4-6-12(10)15-13/h3-6,9,14-15H,7-8H2,1-2H3. The van der Waals surface area contributed by atoms with Gasteiger partial charge in [-0.2, -0.15) is 0 Å². The Labute approximate surface area is 101 Å². The number of H-pyrrole nitrogens is 1. The van der Waals surface area contributed by atoms with Gasteiger partial charge in [0.05, 0.1) is 5.56 Å². The molecular formula is C13H17N3O. The SMILES string of the molecule is CN(C)CCNc1[nH]c2ccccc2c1C=O. The summed E-state index contributed by atoms with van der Waals surface area (Å²) in [6, 6.07) is 7.82. The van der Waals surface area contributed by atoms with Crippen molar-refractivity contribution in [3.05, 3.63) is 29.8 Å². The number of nitrogens with zero attached hydrogens (tertiary/aromatic N) is 1. The van der Waals surface area contributed by atoms with E-state index >= 15 is 0 Å². The lowest BCUT2D eigenvalue weighted by molar-refractivity contribution is 0.112. The maximum Gasteiger partial charge on any atom is 0.154 e. The molecule has 1 aromatic carbocycles. The van der Waals surface area contributed by atoms with Crippen molar-refractivity contribution in [2.24, 2.45) is 0 Å². The fraction of sp³-hybridized carbons (Fsp3) is 0.308. The summed E-state index contributed by atoms with van der Waals surface area (Å²) < 4.78 is 0. The first-order chi connectivity index (χ1) is 8.22. The number of aromatic amines is 1. The van der Waals surface area contributed by atoms with Crippen molar-refractivity contribution in [1.29, 1.82) is 0 Å². The largest absolute Gasteiger partial charge is 0.370 e. The van der Waals surface area contributed by atoms with Crippen molar-refractivity contribution in [2.75, 3.05) is 32.5 Å². The smallest absolute Gasteiger partial charge is 0.154 e. The van der Waals surface area contributed by atoms with Crippen molar-refractivity contribution < 1.29 is 4.79 Å². The van der Waals surface area contributed by atoms with Crippen LogP contribution in [-0.2, 0) is 0 Å². The van der Waals surface area contributed by atoms with E-state index in [0.29, 0.717) is 5.56 Å². The molecule has 2 rings (SSSR count). The lowest BCUT2D eigenvalue weighted by atomic mass is 10.2. The summed E-state index contributed by atoms with van der Waals surface area (Å²) in [4.78, 5) is 16.5. The highest BCUT2D eigenvalue weighted by Crippen LogP contribution is 2.24. The number of benzene rings is 1. The minimum Gasteiger partial charge on any atom is -0.370 e. The van der Waals surface area contributed by atoms with Gasteiger partial charge in [-0.15, -0.1) is 0 Å². The summed E-state index contributed by atoms with van der Waals surface area (Å²) in [5, 5.41) is 4.22. The number of hydrogen-bond acceptors (Lipinski definition) is 3. The minimum atomic E-state index is 0.708. The molecule has 17 heavy (non-hydrogen) atoms. The number of likely N-dealkylation sites (N-methyl/N-ethyl adjacent to an activating group) is 1. The summed E-state index contributed by atoms with van der Waals surface area (Å²) in [5.74, 6) is 0.808. The van der Waals surface area contributed by atoms with Crippen LogP contribution in [0.1, 0.15) is 10.4 Å². The van der Waals surface area contributed by atoms with E-state index in [1.165, 1.54) is 0 Å². The third-order valence-corrected chi connectivity index (χ3v) is 2.72. The molecule has 0 aliphatic heterocycles.